The molecule has 0 aliphatic heterocycles. The molecule has 0 unspecified atom stereocenters. The summed E-state index contributed by atoms with van der Waals surface area (Å²) in [6, 6.07) is 17.4. The minimum atomic E-state index is 0.439. The zero-order chi connectivity index (χ0) is 13.5. The lowest BCUT2D eigenvalue weighted by Gasteiger charge is -2.00. The molecule has 0 atom stereocenters. The largest absolute Gasteiger partial charge is 0.391 e. The van der Waals surface area contributed by atoms with Crippen LogP contribution < -0.4 is 0 Å². The van der Waals surface area contributed by atoms with Crippen molar-refractivity contribution in [1.82, 2.24) is 0 Å². The Kier molecular flexibility index (Phi) is 4.30. The summed E-state index contributed by atoms with van der Waals surface area (Å²) in [5.41, 5.74) is 3.76. The van der Waals surface area contributed by atoms with Crippen LogP contribution in [-0.2, 0) is 11.4 Å². The van der Waals surface area contributed by atoms with Gasteiger partial charge in [-0.25, -0.2) is 0 Å². The van der Waals surface area contributed by atoms with Gasteiger partial charge in [0.15, 0.2) is 0 Å². The lowest BCUT2D eigenvalue weighted by atomic mass is 10.1. The van der Waals surface area contributed by atoms with Crippen molar-refractivity contribution in [1.29, 1.82) is 5.26 Å². The Morgan fingerprint density at radius 3 is 2.74 bits per heavy atom. The van der Waals surface area contributed by atoms with E-state index in [9.17, 15) is 0 Å². The van der Waals surface area contributed by atoms with E-state index in [0.717, 1.165) is 11.1 Å². The number of nitriles is 1. The number of rotatable bonds is 4. The first-order valence-corrected chi connectivity index (χ1v) is 5.99. The standard InChI is InChI=1S/C16H14N2O/c1-13-5-7-14(8-6-13)12-19-18-11-16-4-2-3-15(9-16)10-17/h2-9,11H,12H2,1H3. The second kappa shape index (κ2) is 6.36. The normalized spacial score (nSPS) is 10.3. The zero-order valence-electron chi connectivity index (χ0n) is 10.7. The van der Waals surface area contributed by atoms with Crippen molar-refractivity contribution in [2.75, 3.05) is 0 Å². The second-order valence-corrected chi connectivity index (χ2v) is 4.23. The van der Waals surface area contributed by atoms with Gasteiger partial charge in [0.05, 0.1) is 17.8 Å². The first-order valence-electron chi connectivity index (χ1n) is 5.99. The minimum Gasteiger partial charge on any atom is -0.391 e. The maximum Gasteiger partial charge on any atom is 0.142 e. The van der Waals surface area contributed by atoms with E-state index in [1.54, 1.807) is 18.3 Å². The molecule has 0 aliphatic carbocycles. The third-order valence-corrected chi connectivity index (χ3v) is 2.64. The van der Waals surface area contributed by atoms with E-state index < -0.39 is 0 Å². The highest BCUT2D eigenvalue weighted by Crippen LogP contribution is 2.05. The van der Waals surface area contributed by atoms with E-state index in [1.165, 1.54) is 5.56 Å². The van der Waals surface area contributed by atoms with Crippen LogP contribution in [0.1, 0.15) is 22.3 Å². The Morgan fingerprint density at radius 1 is 1.21 bits per heavy atom. The monoisotopic (exact) mass is 250 g/mol. The molecule has 0 radical (unpaired) electrons. The molecule has 94 valence electrons. The predicted octanol–water partition coefficient (Wildman–Crippen LogP) is 3.42. The van der Waals surface area contributed by atoms with E-state index in [1.807, 2.05) is 43.3 Å². The van der Waals surface area contributed by atoms with Gasteiger partial charge in [0.1, 0.15) is 6.61 Å². The molecule has 0 saturated carbocycles. The molecular formula is C16H14N2O. The maximum atomic E-state index is 8.78. The Hall–Kier alpha value is -2.60. The summed E-state index contributed by atoms with van der Waals surface area (Å²) >= 11 is 0. The summed E-state index contributed by atoms with van der Waals surface area (Å²) in [5, 5.41) is 12.7. The van der Waals surface area contributed by atoms with E-state index in [4.69, 9.17) is 10.1 Å². The molecule has 0 aromatic heterocycles. The first-order chi connectivity index (χ1) is 9.28. The molecule has 0 fully saturated rings. The van der Waals surface area contributed by atoms with Gasteiger partial charge in [-0.2, -0.15) is 5.26 Å². The highest BCUT2D eigenvalue weighted by molar-refractivity contribution is 5.79. The molecule has 3 heteroatoms. The molecule has 0 spiro atoms. The summed E-state index contributed by atoms with van der Waals surface area (Å²) in [7, 11) is 0. The number of nitrogens with zero attached hydrogens (tertiary/aromatic N) is 2. The van der Waals surface area contributed by atoms with Gasteiger partial charge in [-0.1, -0.05) is 47.1 Å². The molecule has 2 rings (SSSR count). The van der Waals surface area contributed by atoms with E-state index in [0.29, 0.717) is 12.2 Å². The fourth-order valence-corrected chi connectivity index (χ4v) is 1.58. The lowest BCUT2D eigenvalue weighted by molar-refractivity contribution is 0.132. The smallest absolute Gasteiger partial charge is 0.142 e. The van der Waals surface area contributed by atoms with Crippen molar-refractivity contribution >= 4 is 6.21 Å². The van der Waals surface area contributed by atoms with Gasteiger partial charge in [0.25, 0.3) is 0 Å². The topological polar surface area (TPSA) is 45.4 Å². The fourth-order valence-electron chi connectivity index (χ4n) is 1.58. The van der Waals surface area contributed by atoms with Gasteiger partial charge < -0.3 is 4.84 Å². The summed E-state index contributed by atoms with van der Waals surface area (Å²) in [6.07, 6.45) is 1.61. The minimum absolute atomic E-state index is 0.439. The molecule has 2 aromatic rings. The molecule has 0 heterocycles. The number of hydrogen-bond acceptors (Lipinski definition) is 3. The van der Waals surface area contributed by atoms with Crippen molar-refractivity contribution in [2.45, 2.75) is 13.5 Å². The third-order valence-electron chi connectivity index (χ3n) is 2.64. The summed E-state index contributed by atoms with van der Waals surface area (Å²) in [5.74, 6) is 0. The van der Waals surface area contributed by atoms with E-state index in [2.05, 4.69) is 11.2 Å². The highest BCUT2D eigenvalue weighted by atomic mass is 16.6. The number of hydrogen-bond donors (Lipinski definition) is 0. The molecule has 19 heavy (non-hydrogen) atoms. The van der Waals surface area contributed by atoms with Gasteiger partial charge in [0, 0.05) is 0 Å². The van der Waals surface area contributed by atoms with E-state index in [-0.39, 0.29) is 0 Å². The molecule has 0 aliphatic rings. The van der Waals surface area contributed by atoms with Gasteiger partial charge >= 0.3 is 0 Å². The Morgan fingerprint density at radius 2 is 2.00 bits per heavy atom. The van der Waals surface area contributed by atoms with Crippen LogP contribution in [0.3, 0.4) is 0 Å². The van der Waals surface area contributed by atoms with Gasteiger partial charge in [-0.3, -0.25) is 0 Å². The summed E-state index contributed by atoms with van der Waals surface area (Å²) in [4.78, 5) is 5.22. The Bertz CT molecular complexity index is 609. The van der Waals surface area contributed by atoms with Gasteiger partial charge in [-0.15, -0.1) is 0 Å². The number of benzene rings is 2. The Labute approximate surface area is 112 Å². The average Bonchev–Trinajstić information content (AvgIpc) is 2.46. The fraction of sp³-hybridized carbons (Fsp3) is 0.125. The van der Waals surface area contributed by atoms with Gasteiger partial charge in [-0.05, 0) is 30.2 Å². The highest BCUT2D eigenvalue weighted by Gasteiger charge is 1.93. The van der Waals surface area contributed by atoms with Gasteiger partial charge in [0.2, 0.25) is 0 Å². The maximum absolute atomic E-state index is 8.78. The molecule has 0 amide bonds. The predicted molar refractivity (Wildman–Crippen MR) is 74.7 cm³/mol. The lowest BCUT2D eigenvalue weighted by Crippen LogP contribution is -1.89. The van der Waals surface area contributed by atoms with E-state index >= 15 is 0 Å². The van der Waals surface area contributed by atoms with Crippen LogP contribution in [0.15, 0.2) is 53.7 Å². The van der Waals surface area contributed by atoms with Crippen LogP contribution in [0.5, 0.6) is 0 Å². The van der Waals surface area contributed by atoms with Crippen molar-refractivity contribution < 1.29 is 4.84 Å². The molecule has 0 saturated heterocycles. The third kappa shape index (κ3) is 3.97. The Balaban J connectivity index is 1.90. The first kappa shape index (κ1) is 12.8. The van der Waals surface area contributed by atoms with Crippen LogP contribution in [0.4, 0.5) is 0 Å². The van der Waals surface area contributed by atoms with Crippen molar-refractivity contribution in [3.63, 3.8) is 0 Å². The average molecular weight is 250 g/mol. The van der Waals surface area contributed by atoms with Crippen LogP contribution in [0, 0.1) is 18.3 Å². The van der Waals surface area contributed by atoms with Crippen molar-refractivity contribution in [3.8, 4) is 6.07 Å². The molecular weight excluding hydrogens is 236 g/mol. The molecule has 0 bridgehead atoms. The van der Waals surface area contributed by atoms with Crippen LogP contribution in [0.25, 0.3) is 0 Å². The molecule has 2 aromatic carbocycles. The number of oxime groups is 1. The van der Waals surface area contributed by atoms with Crippen LogP contribution in [0.2, 0.25) is 0 Å². The summed E-state index contributed by atoms with van der Waals surface area (Å²) in [6.45, 7) is 2.49. The zero-order valence-corrected chi connectivity index (χ0v) is 10.7. The number of aryl methyl sites for hydroxylation is 1. The summed E-state index contributed by atoms with van der Waals surface area (Å²) < 4.78 is 0. The quantitative estimate of drug-likeness (QED) is 0.616. The van der Waals surface area contributed by atoms with Crippen molar-refractivity contribution in [2.24, 2.45) is 5.16 Å². The second-order valence-electron chi connectivity index (χ2n) is 4.23. The molecule has 0 N–H and O–H groups in total. The SMILES string of the molecule is Cc1ccc(CON=Cc2cccc(C#N)c2)cc1. The van der Waals surface area contributed by atoms with Crippen molar-refractivity contribution in [3.05, 3.63) is 70.8 Å². The molecule has 3 nitrogen and oxygen atoms in total. The van der Waals surface area contributed by atoms with Crippen LogP contribution in [-0.4, -0.2) is 6.21 Å². The van der Waals surface area contributed by atoms with Crippen LogP contribution >= 0.6 is 0 Å².